The molecule has 0 bridgehead atoms. The lowest BCUT2D eigenvalue weighted by atomic mass is 10.0. The molecule has 1 aliphatic rings. The van der Waals surface area contributed by atoms with Crippen molar-refractivity contribution >= 4 is 29.7 Å². The van der Waals surface area contributed by atoms with E-state index in [9.17, 15) is 24.0 Å². The first-order valence-electron chi connectivity index (χ1n) is 9.07. The van der Waals surface area contributed by atoms with Crippen LogP contribution in [0.5, 0.6) is 0 Å². The van der Waals surface area contributed by atoms with Gasteiger partial charge < -0.3 is 31.5 Å². The van der Waals surface area contributed by atoms with Crippen molar-refractivity contribution in [3.8, 4) is 0 Å². The van der Waals surface area contributed by atoms with Crippen molar-refractivity contribution in [2.24, 2.45) is 11.7 Å². The molecule has 158 valence electrons. The predicted molar refractivity (Wildman–Crippen MR) is 97.0 cm³/mol. The first kappa shape index (κ1) is 23.3. The van der Waals surface area contributed by atoms with Crippen LogP contribution in [-0.2, 0) is 24.0 Å². The number of amides is 3. The fourth-order valence-corrected chi connectivity index (χ4v) is 2.92. The van der Waals surface area contributed by atoms with Crippen LogP contribution in [0, 0.1) is 5.92 Å². The molecule has 11 nitrogen and oxygen atoms in total. The SMILES string of the molecule is CC(N)C(=O)NC(C(=O)N1CCCC1C(=O)NC(CC(=O)O)C(=O)O)C(C)C. The van der Waals surface area contributed by atoms with Gasteiger partial charge in [-0.3, -0.25) is 19.2 Å². The molecule has 4 atom stereocenters. The summed E-state index contributed by atoms with van der Waals surface area (Å²) in [5.41, 5.74) is 5.53. The molecule has 0 aromatic rings. The van der Waals surface area contributed by atoms with Gasteiger partial charge in [-0.15, -0.1) is 0 Å². The summed E-state index contributed by atoms with van der Waals surface area (Å²) >= 11 is 0. The lowest BCUT2D eigenvalue weighted by molar-refractivity contribution is -0.148. The zero-order chi connectivity index (χ0) is 21.6. The molecule has 4 unspecified atom stereocenters. The molecule has 1 fully saturated rings. The van der Waals surface area contributed by atoms with Gasteiger partial charge in [0, 0.05) is 6.54 Å². The van der Waals surface area contributed by atoms with Gasteiger partial charge in [0.15, 0.2) is 0 Å². The van der Waals surface area contributed by atoms with Gasteiger partial charge in [-0.1, -0.05) is 13.8 Å². The van der Waals surface area contributed by atoms with Gasteiger partial charge in [-0.25, -0.2) is 4.79 Å². The zero-order valence-electron chi connectivity index (χ0n) is 16.2. The fraction of sp³-hybridized carbons (Fsp3) is 0.706. The first-order chi connectivity index (χ1) is 13.0. The van der Waals surface area contributed by atoms with E-state index in [4.69, 9.17) is 15.9 Å². The van der Waals surface area contributed by atoms with Crippen molar-refractivity contribution in [3.05, 3.63) is 0 Å². The number of nitrogens with two attached hydrogens (primary N) is 1. The summed E-state index contributed by atoms with van der Waals surface area (Å²) in [4.78, 5) is 60.6. The van der Waals surface area contributed by atoms with Crippen molar-refractivity contribution in [1.29, 1.82) is 0 Å². The van der Waals surface area contributed by atoms with Crippen LogP contribution in [0.15, 0.2) is 0 Å². The lowest BCUT2D eigenvalue weighted by Gasteiger charge is -2.31. The number of likely N-dealkylation sites (tertiary alicyclic amines) is 1. The van der Waals surface area contributed by atoms with Gasteiger partial charge in [0.2, 0.25) is 17.7 Å². The number of hydrogen-bond acceptors (Lipinski definition) is 6. The van der Waals surface area contributed by atoms with E-state index in [1.54, 1.807) is 13.8 Å². The molecule has 0 spiro atoms. The number of carbonyl (C=O) groups excluding carboxylic acids is 3. The van der Waals surface area contributed by atoms with Crippen LogP contribution in [0.3, 0.4) is 0 Å². The van der Waals surface area contributed by atoms with E-state index in [0.29, 0.717) is 12.8 Å². The minimum absolute atomic E-state index is 0.265. The smallest absolute Gasteiger partial charge is 0.326 e. The van der Waals surface area contributed by atoms with E-state index in [0.717, 1.165) is 0 Å². The maximum absolute atomic E-state index is 12.9. The van der Waals surface area contributed by atoms with E-state index in [1.807, 2.05) is 0 Å². The molecule has 0 aliphatic carbocycles. The standard InChI is InChI=1S/C17H28N4O7/c1-8(2)13(20-14(24)9(3)18)16(26)21-6-4-5-11(21)15(25)19-10(17(27)28)7-12(22)23/h8-11,13H,4-7,18H2,1-3H3,(H,19,25)(H,20,24)(H,22,23)(H,27,28). The molecule has 28 heavy (non-hydrogen) atoms. The fourth-order valence-electron chi connectivity index (χ4n) is 2.92. The largest absolute Gasteiger partial charge is 0.481 e. The van der Waals surface area contributed by atoms with Crippen LogP contribution < -0.4 is 16.4 Å². The van der Waals surface area contributed by atoms with E-state index >= 15 is 0 Å². The maximum atomic E-state index is 12.9. The molecule has 1 saturated heterocycles. The summed E-state index contributed by atoms with van der Waals surface area (Å²) in [6, 6.07) is -4.22. The number of aliphatic carboxylic acids is 2. The zero-order valence-corrected chi connectivity index (χ0v) is 16.2. The van der Waals surface area contributed by atoms with Crippen molar-refractivity contribution in [2.75, 3.05) is 6.54 Å². The molecule has 0 saturated carbocycles. The summed E-state index contributed by atoms with van der Waals surface area (Å²) in [5.74, 6) is -4.81. The molecule has 1 aliphatic heterocycles. The van der Waals surface area contributed by atoms with Crippen molar-refractivity contribution in [2.45, 2.75) is 64.2 Å². The van der Waals surface area contributed by atoms with Crippen molar-refractivity contribution in [3.63, 3.8) is 0 Å². The monoisotopic (exact) mass is 400 g/mol. The minimum Gasteiger partial charge on any atom is -0.481 e. The van der Waals surface area contributed by atoms with Crippen LogP contribution in [0.25, 0.3) is 0 Å². The average Bonchev–Trinajstić information content (AvgIpc) is 3.07. The number of nitrogens with zero attached hydrogens (tertiary/aromatic N) is 1. The number of hydrogen-bond donors (Lipinski definition) is 5. The van der Waals surface area contributed by atoms with Crippen LogP contribution in [0.1, 0.15) is 40.0 Å². The Hall–Kier alpha value is -2.69. The summed E-state index contributed by atoms with van der Waals surface area (Å²) in [5, 5.41) is 22.6. The van der Waals surface area contributed by atoms with E-state index in [2.05, 4.69) is 10.6 Å². The second kappa shape index (κ2) is 10.0. The van der Waals surface area contributed by atoms with Gasteiger partial charge >= 0.3 is 11.9 Å². The molecule has 1 heterocycles. The topological polar surface area (TPSA) is 179 Å². The second-order valence-electron chi connectivity index (χ2n) is 7.21. The van der Waals surface area contributed by atoms with E-state index in [1.165, 1.54) is 11.8 Å². The van der Waals surface area contributed by atoms with E-state index in [-0.39, 0.29) is 12.5 Å². The van der Waals surface area contributed by atoms with E-state index < -0.39 is 60.2 Å². The van der Waals surface area contributed by atoms with Crippen molar-refractivity contribution < 1.29 is 34.2 Å². The Morgan fingerprint density at radius 2 is 1.71 bits per heavy atom. The highest BCUT2D eigenvalue weighted by molar-refractivity contribution is 5.95. The Kier molecular flexibility index (Phi) is 8.35. The number of nitrogens with one attached hydrogen (secondary N) is 2. The number of carbonyl (C=O) groups is 5. The third-order valence-corrected chi connectivity index (χ3v) is 4.48. The Morgan fingerprint density at radius 1 is 1.11 bits per heavy atom. The van der Waals surface area contributed by atoms with Gasteiger partial charge in [0.25, 0.3) is 0 Å². The summed E-state index contributed by atoms with van der Waals surface area (Å²) in [6.07, 6.45) is 0.0520. The second-order valence-corrected chi connectivity index (χ2v) is 7.21. The maximum Gasteiger partial charge on any atom is 0.326 e. The summed E-state index contributed by atoms with van der Waals surface area (Å²) in [7, 11) is 0. The first-order valence-corrected chi connectivity index (χ1v) is 9.07. The molecule has 0 aromatic heterocycles. The molecule has 0 radical (unpaired) electrons. The third kappa shape index (κ3) is 6.19. The van der Waals surface area contributed by atoms with Gasteiger partial charge in [0.1, 0.15) is 18.1 Å². The van der Waals surface area contributed by atoms with Gasteiger partial charge in [-0.2, -0.15) is 0 Å². The Balaban J connectivity index is 2.92. The lowest BCUT2D eigenvalue weighted by Crippen LogP contribution is -2.58. The molecular formula is C17H28N4O7. The quantitative estimate of drug-likeness (QED) is 0.310. The summed E-state index contributed by atoms with van der Waals surface area (Å²) in [6.45, 7) is 5.23. The number of carboxylic acid groups (broad SMARTS) is 2. The molecule has 3 amide bonds. The Morgan fingerprint density at radius 3 is 2.18 bits per heavy atom. The Labute approximate surface area is 162 Å². The normalized spacial score (nSPS) is 19.6. The molecule has 11 heteroatoms. The average molecular weight is 400 g/mol. The Bertz CT molecular complexity index is 635. The summed E-state index contributed by atoms with van der Waals surface area (Å²) < 4.78 is 0. The predicted octanol–water partition coefficient (Wildman–Crippen LogP) is -1.49. The minimum atomic E-state index is -1.60. The van der Waals surface area contributed by atoms with Gasteiger partial charge in [-0.05, 0) is 25.7 Å². The van der Waals surface area contributed by atoms with Crippen LogP contribution >= 0.6 is 0 Å². The highest BCUT2D eigenvalue weighted by atomic mass is 16.4. The number of carboxylic acids is 2. The van der Waals surface area contributed by atoms with Crippen molar-refractivity contribution in [1.82, 2.24) is 15.5 Å². The molecular weight excluding hydrogens is 372 g/mol. The van der Waals surface area contributed by atoms with Crippen LogP contribution in [-0.4, -0.2) is 75.5 Å². The highest BCUT2D eigenvalue weighted by Crippen LogP contribution is 2.21. The number of rotatable bonds is 9. The van der Waals surface area contributed by atoms with Gasteiger partial charge in [0.05, 0.1) is 12.5 Å². The molecule has 1 rings (SSSR count). The van der Waals surface area contributed by atoms with Crippen LogP contribution in [0.2, 0.25) is 0 Å². The van der Waals surface area contributed by atoms with Crippen LogP contribution in [0.4, 0.5) is 0 Å². The highest BCUT2D eigenvalue weighted by Gasteiger charge is 2.40. The third-order valence-electron chi connectivity index (χ3n) is 4.48. The molecule has 6 N–H and O–H groups in total. The molecule has 0 aromatic carbocycles.